The zero-order valence-corrected chi connectivity index (χ0v) is 14.6. The summed E-state index contributed by atoms with van der Waals surface area (Å²) in [6.45, 7) is 5.06. The lowest BCUT2D eigenvalue weighted by Gasteiger charge is -2.25. The largest absolute Gasteiger partial charge is 0.392 e. The maximum absolute atomic E-state index is 12.1. The Morgan fingerprint density at radius 3 is 2.25 bits per heavy atom. The number of aliphatic hydroxyl groups is 1. The second-order valence-corrected chi connectivity index (χ2v) is 6.82. The van der Waals surface area contributed by atoms with E-state index in [1.807, 2.05) is 42.5 Å². The highest BCUT2D eigenvalue weighted by Crippen LogP contribution is 2.27. The fourth-order valence-corrected chi connectivity index (χ4v) is 2.71. The van der Waals surface area contributed by atoms with E-state index >= 15 is 0 Å². The lowest BCUT2D eigenvalue weighted by atomic mass is 9.80. The van der Waals surface area contributed by atoms with Crippen LogP contribution in [0.1, 0.15) is 43.4 Å². The molecule has 24 heavy (non-hydrogen) atoms. The first-order chi connectivity index (χ1) is 11.5. The minimum absolute atomic E-state index is 0.00126. The Labute approximate surface area is 144 Å². The molecule has 128 valence electrons. The van der Waals surface area contributed by atoms with Crippen LogP contribution in [0.4, 0.5) is 0 Å². The van der Waals surface area contributed by atoms with E-state index in [0.29, 0.717) is 13.0 Å². The highest BCUT2D eigenvalue weighted by molar-refractivity contribution is 5.76. The molecule has 0 saturated carbocycles. The molecular weight excluding hydrogens is 298 g/mol. The second kappa shape index (κ2) is 8.65. The Balaban J connectivity index is 1.73. The number of amides is 1. The third-order valence-corrected chi connectivity index (χ3v) is 4.47. The van der Waals surface area contributed by atoms with Crippen molar-refractivity contribution in [3.63, 3.8) is 0 Å². The van der Waals surface area contributed by atoms with E-state index in [0.717, 1.165) is 24.0 Å². The van der Waals surface area contributed by atoms with Gasteiger partial charge in [0.25, 0.3) is 0 Å². The van der Waals surface area contributed by atoms with Gasteiger partial charge in [0.15, 0.2) is 0 Å². The third kappa shape index (κ3) is 5.50. The molecule has 0 aliphatic carbocycles. The van der Waals surface area contributed by atoms with Crippen molar-refractivity contribution in [2.75, 3.05) is 6.54 Å². The number of aliphatic hydroxyl groups excluding tert-OH is 1. The lowest BCUT2D eigenvalue weighted by molar-refractivity contribution is -0.121. The van der Waals surface area contributed by atoms with Crippen LogP contribution in [0.2, 0.25) is 0 Å². The van der Waals surface area contributed by atoms with Gasteiger partial charge in [0.1, 0.15) is 0 Å². The first-order valence-electron chi connectivity index (χ1n) is 8.52. The highest BCUT2D eigenvalue weighted by Gasteiger charge is 2.21. The van der Waals surface area contributed by atoms with Gasteiger partial charge in [-0.3, -0.25) is 4.79 Å². The van der Waals surface area contributed by atoms with Gasteiger partial charge >= 0.3 is 0 Å². The Hall–Kier alpha value is -2.13. The van der Waals surface area contributed by atoms with Crippen molar-refractivity contribution in [2.24, 2.45) is 0 Å². The number of carbonyl (C=O) groups is 1. The number of carbonyl (C=O) groups excluding carboxylic acids is 1. The van der Waals surface area contributed by atoms with Crippen LogP contribution in [0.25, 0.3) is 0 Å². The van der Waals surface area contributed by atoms with E-state index in [1.54, 1.807) is 0 Å². The quantitative estimate of drug-likeness (QED) is 0.779. The Bertz CT molecular complexity index is 633. The van der Waals surface area contributed by atoms with Gasteiger partial charge in [-0.15, -0.1) is 0 Å². The number of benzene rings is 2. The molecule has 0 saturated heterocycles. The van der Waals surface area contributed by atoms with Gasteiger partial charge in [0, 0.05) is 13.0 Å². The molecule has 0 aliphatic rings. The average molecular weight is 325 g/mol. The SMILES string of the molecule is CC(C)(CCC(=O)NCCc1ccc(CO)cc1)c1ccccc1. The molecule has 2 aromatic rings. The van der Waals surface area contributed by atoms with Crippen molar-refractivity contribution in [3.8, 4) is 0 Å². The van der Waals surface area contributed by atoms with Crippen LogP contribution >= 0.6 is 0 Å². The van der Waals surface area contributed by atoms with Crippen molar-refractivity contribution < 1.29 is 9.90 Å². The predicted octanol–water partition coefficient (Wildman–Crippen LogP) is 3.60. The molecule has 0 aromatic heterocycles. The lowest BCUT2D eigenvalue weighted by Crippen LogP contribution is -2.28. The molecule has 3 nitrogen and oxygen atoms in total. The number of rotatable bonds is 8. The van der Waals surface area contributed by atoms with E-state index in [1.165, 1.54) is 5.56 Å². The Kier molecular flexibility index (Phi) is 6.56. The summed E-state index contributed by atoms with van der Waals surface area (Å²) in [7, 11) is 0. The fraction of sp³-hybridized carbons (Fsp3) is 0.381. The van der Waals surface area contributed by atoms with Crippen LogP contribution in [0, 0.1) is 0 Å². The van der Waals surface area contributed by atoms with Gasteiger partial charge in [-0.1, -0.05) is 68.4 Å². The molecule has 0 radical (unpaired) electrons. The number of hydrogen-bond acceptors (Lipinski definition) is 2. The van der Waals surface area contributed by atoms with Crippen LogP contribution in [-0.2, 0) is 23.2 Å². The molecule has 3 heteroatoms. The van der Waals surface area contributed by atoms with Crippen molar-refractivity contribution in [1.29, 1.82) is 0 Å². The van der Waals surface area contributed by atoms with Gasteiger partial charge in [-0.05, 0) is 34.9 Å². The first kappa shape index (κ1) is 18.2. The molecule has 1 amide bonds. The molecule has 0 aliphatic heterocycles. The monoisotopic (exact) mass is 325 g/mol. The first-order valence-corrected chi connectivity index (χ1v) is 8.52. The Morgan fingerprint density at radius 2 is 1.62 bits per heavy atom. The molecule has 0 fully saturated rings. The van der Waals surface area contributed by atoms with Gasteiger partial charge in [0.05, 0.1) is 6.61 Å². The third-order valence-electron chi connectivity index (χ3n) is 4.47. The summed E-state index contributed by atoms with van der Waals surface area (Å²) in [5.41, 5.74) is 3.34. The van der Waals surface area contributed by atoms with E-state index in [9.17, 15) is 4.79 Å². The zero-order chi connectivity index (χ0) is 17.4. The highest BCUT2D eigenvalue weighted by atomic mass is 16.3. The zero-order valence-electron chi connectivity index (χ0n) is 14.6. The van der Waals surface area contributed by atoms with Crippen molar-refractivity contribution in [1.82, 2.24) is 5.32 Å². The molecule has 0 unspecified atom stereocenters. The summed E-state index contributed by atoms with van der Waals surface area (Å²) in [5, 5.41) is 12.0. The Morgan fingerprint density at radius 1 is 1.00 bits per heavy atom. The predicted molar refractivity (Wildman–Crippen MR) is 97.8 cm³/mol. The molecule has 2 rings (SSSR count). The smallest absolute Gasteiger partial charge is 0.220 e. The molecule has 2 aromatic carbocycles. The maximum Gasteiger partial charge on any atom is 0.220 e. The summed E-state index contributed by atoms with van der Waals surface area (Å²) in [6, 6.07) is 18.2. The number of nitrogens with one attached hydrogen (secondary N) is 1. The molecular formula is C21H27NO2. The molecule has 0 bridgehead atoms. The van der Waals surface area contributed by atoms with Crippen LogP contribution in [-0.4, -0.2) is 17.6 Å². The minimum Gasteiger partial charge on any atom is -0.392 e. The van der Waals surface area contributed by atoms with Gasteiger partial charge in [-0.2, -0.15) is 0 Å². The average Bonchev–Trinajstić information content (AvgIpc) is 2.61. The van der Waals surface area contributed by atoms with Crippen LogP contribution in [0.15, 0.2) is 54.6 Å². The van der Waals surface area contributed by atoms with Gasteiger partial charge in [0.2, 0.25) is 5.91 Å². The minimum atomic E-state index is -0.00126. The molecule has 2 N–H and O–H groups in total. The molecule has 0 atom stereocenters. The summed E-state index contributed by atoms with van der Waals surface area (Å²) in [4.78, 5) is 12.1. The standard InChI is InChI=1S/C21H27NO2/c1-21(2,19-6-4-3-5-7-19)14-12-20(24)22-15-13-17-8-10-18(16-23)11-9-17/h3-11,23H,12-16H2,1-2H3,(H,22,24). The van der Waals surface area contributed by atoms with Crippen molar-refractivity contribution in [3.05, 3.63) is 71.3 Å². The van der Waals surface area contributed by atoms with E-state index in [-0.39, 0.29) is 17.9 Å². The fourth-order valence-electron chi connectivity index (χ4n) is 2.71. The van der Waals surface area contributed by atoms with E-state index < -0.39 is 0 Å². The van der Waals surface area contributed by atoms with Crippen LogP contribution in [0.5, 0.6) is 0 Å². The summed E-state index contributed by atoms with van der Waals surface area (Å²) in [6.07, 6.45) is 2.17. The van der Waals surface area contributed by atoms with Crippen LogP contribution < -0.4 is 5.32 Å². The van der Waals surface area contributed by atoms with Crippen molar-refractivity contribution >= 4 is 5.91 Å². The summed E-state index contributed by atoms with van der Waals surface area (Å²) < 4.78 is 0. The van der Waals surface area contributed by atoms with Gasteiger partial charge in [-0.25, -0.2) is 0 Å². The van der Waals surface area contributed by atoms with E-state index in [4.69, 9.17) is 5.11 Å². The summed E-state index contributed by atoms with van der Waals surface area (Å²) in [5.74, 6) is 0.103. The number of hydrogen-bond donors (Lipinski definition) is 2. The molecule has 0 heterocycles. The summed E-state index contributed by atoms with van der Waals surface area (Å²) >= 11 is 0. The van der Waals surface area contributed by atoms with Crippen LogP contribution in [0.3, 0.4) is 0 Å². The topological polar surface area (TPSA) is 49.3 Å². The normalized spacial score (nSPS) is 11.3. The maximum atomic E-state index is 12.1. The second-order valence-electron chi connectivity index (χ2n) is 6.82. The van der Waals surface area contributed by atoms with Gasteiger partial charge < -0.3 is 10.4 Å². The van der Waals surface area contributed by atoms with E-state index in [2.05, 4.69) is 31.3 Å². The van der Waals surface area contributed by atoms with Crippen molar-refractivity contribution in [2.45, 2.75) is 45.1 Å². The molecule has 0 spiro atoms.